The Labute approximate surface area is 225 Å². The van der Waals surface area contributed by atoms with Crippen LogP contribution in [-0.2, 0) is 4.74 Å². The fourth-order valence-electron chi connectivity index (χ4n) is 3.44. The second-order valence-corrected chi connectivity index (χ2v) is 8.58. The van der Waals surface area contributed by atoms with E-state index in [4.69, 9.17) is 21.1 Å². The molecule has 2 aromatic rings. The minimum Gasteiger partial charge on any atom is -0.464 e. The number of nitrogens with zero attached hydrogens (tertiary/aromatic N) is 3. The Kier molecular flexibility index (Phi) is 13.3. The van der Waals surface area contributed by atoms with Crippen molar-refractivity contribution in [1.29, 1.82) is 0 Å². The Hall–Kier alpha value is -3.46. The fraction of sp³-hybridized carbons (Fsp3) is 0.250. The average Bonchev–Trinajstić information content (AvgIpc) is 3.19. The maximum atomic E-state index is 13.7. The van der Waals surface area contributed by atoms with Gasteiger partial charge in [0.15, 0.2) is 5.69 Å². The van der Waals surface area contributed by atoms with Crippen LogP contribution in [0.15, 0.2) is 64.7 Å². The molecule has 6 nitrogen and oxygen atoms in total. The summed E-state index contributed by atoms with van der Waals surface area (Å²) in [4.78, 5) is 16.7. The van der Waals surface area contributed by atoms with Gasteiger partial charge in [-0.05, 0) is 62.6 Å². The summed E-state index contributed by atoms with van der Waals surface area (Å²) in [5.74, 6) is -0.385. The first-order valence-corrected chi connectivity index (χ1v) is 12.1. The standard InChI is InChI=1S/C26H30ClFN3O3P.C2H2/c1-7-8-9-10-16(2)20(15-29-5)17(3)13-21-18(4)24(25(32)33-6)30-31(21)22-14-19(27)11-12-23(22)34-26(28)35;1-2/h7-9,11-15,26H,1,10,35H2,2-6H3;1-2H/b9-8-,17-13+,20-16+,29-15?;. The topological polar surface area (TPSA) is 65.7 Å². The number of hydrogen-bond acceptors (Lipinski definition) is 5. The Bertz CT molecular complexity index is 1260. The number of benzene rings is 1. The van der Waals surface area contributed by atoms with Gasteiger partial charge in [0.25, 0.3) is 0 Å². The third-order valence-corrected chi connectivity index (χ3v) is 5.50. The minimum atomic E-state index is -1.64. The molecule has 2 rings (SSSR count). The molecular weight excluding hydrogens is 512 g/mol. The van der Waals surface area contributed by atoms with Gasteiger partial charge in [0.05, 0.1) is 12.8 Å². The Morgan fingerprint density at radius 3 is 2.62 bits per heavy atom. The molecule has 0 aliphatic rings. The van der Waals surface area contributed by atoms with E-state index in [1.807, 2.05) is 41.3 Å². The van der Waals surface area contributed by atoms with Crippen LogP contribution in [0.1, 0.15) is 42.0 Å². The van der Waals surface area contributed by atoms with Crippen LogP contribution in [0.5, 0.6) is 5.75 Å². The van der Waals surface area contributed by atoms with Gasteiger partial charge in [-0.3, -0.25) is 4.99 Å². The van der Waals surface area contributed by atoms with Gasteiger partial charge in [-0.1, -0.05) is 51.2 Å². The molecule has 0 aliphatic carbocycles. The summed E-state index contributed by atoms with van der Waals surface area (Å²) < 4.78 is 25.5. The number of carbonyl (C=O) groups is 1. The highest BCUT2D eigenvalue weighted by molar-refractivity contribution is 7.16. The number of aliphatic imine (C=N–C) groups is 1. The Morgan fingerprint density at radius 2 is 2.05 bits per heavy atom. The van der Waals surface area contributed by atoms with Crippen molar-refractivity contribution in [1.82, 2.24) is 9.78 Å². The lowest BCUT2D eigenvalue weighted by atomic mass is 9.99. The summed E-state index contributed by atoms with van der Waals surface area (Å²) in [7, 11) is 4.93. The van der Waals surface area contributed by atoms with E-state index >= 15 is 0 Å². The second kappa shape index (κ2) is 15.6. The molecule has 37 heavy (non-hydrogen) atoms. The molecule has 1 aromatic carbocycles. The number of methoxy groups -OCH3 is 1. The molecule has 0 aliphatic heterocycles. The summed E-state index contributed by atoms with van der Waals surface area (Å²) in [6, 6.07) is 4.73. The molecule has 0 amide bonds. The van der Waals surface area contributed by atoms with Crippen LogP contribution in [0, 0.1) is 19.8 Å². The second-order valence-electron chi connectivity index (χ2n) is 7.62. The molecule has 196 valence electrons. The predicted octanol–water partition coefficient (Wildman–Crippen LogP) is 6.93. The van der Waals surface area contributed by atoms with E-state index in [-0.39, 0.29) is 11.4 Å². The quantitative estimate of drug-likeness (QED) is 0.107. The van der Waals surface area contributed by atoms with Crippen molar-refractivity contribution in [3.8, 4) is 24.3 Å². The van der Waals surface area contributed by atoms with Gasteiger partial charge in [-0.2, -0.15) is 9.49 Å². The largest absolute Gasteiger partial charge is 0.464 e. The van der Waals surface area contributed by atoms with Crippen LogP contribution in [-0.4, -0.2) is 42.2 Å². The molecule has 0 saturated heterocycles. The number of aromatic nitrogens is 2. The summed E-state index contributed by atoms with van der Waals surface area (Å²) in [6.45, 7) is 9.44. The number of esters is 1. The molecule has 2 unspecified atom stereocenters. The van der Waals surface area contributed by atoms with Crippen molar-refractivity contribution in [3.05, 3.63) is 81.7 Å². The number of carbonyl (C=O) groups excluding carboxylic acids is 1. The van der Waals surface area contributed by atoms with Gasteiger partial charge in [0.1, 0.15) is 11.4 Å². The molecule has 0 bridgehead atoms. The maximum absolute atomic E-state index is 13.7. The maximum Gasteiger partial charge on any atom is 0.358 e. The van der Waals surface area contributed by atoms with E-state index in [0.717, 1.165) is 16.7 Å². The highest BCUT2D eigenvalue weighted by Crippen LogP contribution is 2.32. The minimum absolute atomic E-state index is 0.125. The summed E-state index contributed by atoms with van der Waals surface area (Å²) in [5.41, 5.74) is 4.59. The van der Waals surface area contributed by atoms with Gasteiger partial charge in [0.2, 0.25) is 6.10 Å². The Morgan fingerprint density at radius 1 is 1.38 bits per heavy atom. The predicted molar refractivity (Wildman–Crippen MR) is 154 cm³/mol. The van der Waals surface area contributed by atoms with Crippen molar-refractivity contribution >= 4 is 39.1 Å². The van der Waals surface area contributed by atoms with Crippen molar-refractivity contribution in [2.24, 2.45) is 4.99 Å². The summed E-state index contributed by atoms with van der Waals surface area (Å²) >= 11 is 6.25. The smallest absolute Gasteiger partial charge is 0.358 e. The first-order chi connectivity index (χ1) is 17.6. The van der Waals surface area contributed by atoms with Crippen LogP contribution in [0.25, 0.3) is 11.8 Å². The van der Waals surface area contributed by atoms with E-state index in [9.17, 15) is 9.18 Å². The SMILES string of the molecule is C#C.C=C/C=C\C/C(C)=C(C=NC)/C(C)=C/c1c(C)c(C(=O)OC)nn1-c1cc(Cl)ccc1OC(F)P. The number of rotatable bonds is 10. The van der Waals surface area contributed by atoms with Gasteiger partial charge < -0.3 is 9.47 Å². The fourth-order valence-corrected chi connectivity index (χ4v) is 3.75. The molecule has 9 heteroatoms. The lowest BCUT2D eigenvalue weighted by Crippen LogP contribution is -2.08. The molecule has 1 heterocycles. The van der Waals surface area contributed by atoms with E-state index in [0.29, 0.717) is 28.4 Å². The summed E-state index contributed by atoms with van der Waals surface area (Å²) in [5, 5.41) is 4.88. The number of allylic oxidation sites excluding steroid dienone is 6. The van der Waals surface area contributed by atoms with Crippen molar-refractivity contribution < 1.29 is 18.7 Å². The molecular formula is C28H32ClFN3O3P. The number of hydrogen-bond donors (Lipinski definition) is 0. The number of alkyl halides is 1. The van der Waals surface area contributed by atoms with E-state index < -0.39 is 12.1 Å². The lowest BCUT2D eigenvalue weighted by Gasteiger charge is -2.15. The molecule has 1 aromatic heterocycles. The average molecular weight is 544 g/mol. The normalized spacial score (nSPS) is 13.1. The van der Waals surface area contributed by atoms with Crippen LogP contribution >= 0.6 is 20.8 Å². The molecule has 2 atom stereocenters. The lowest BCUT2D eigenvalue weighted by molar-refractivity contribution is 0.0592. The molecule has 0 saturated carbocycles. The number of halogens is 2. The monoisotopic (exact) mass is 543 g/mol. The van der Waals surface area contributed by atoms with Gasteiger partial charge in [0, 0.05) is 23.8 Å². The van der Waals surface area contributed by atoms with Crippen LogP contribution in [0.2, 0.25) is 5.02 Å². The first-order valence-electron chi connectivity index (χ1n) is 11.1. The zero-order chi connectivity index (χ0) is 28.1. The van der Waals surface area contributed by atoms with Crippen LogP contribution in [0.4, 0.5) is 4.39 Å². The first kappa shape index (κ1) is 31.6. The van der Waals surface area contributed by atoms with Crippen molar-refractivity contribution in [2.75, 3.05) is 14.2 Å². The number of ether oxygens (including phenoxy) is 2. The number of terminal acetylenes is 1. The van der Waals surface area contributed by atoms with Gasteiger partial charge in [-0.25, -0.2) is 9.48 Å². The molecule has 0 N–H and O–H groups in total. The van der Waals surface area contributed by atoms with Crippen LogP contribution in [0.3, 0.4) is 0 Å². The van der Waals surface area contributed by atoms with E-state index in [2.05, 4.69) is 29.5 Å². The van der Waals surface area contributed by atoms with Crippen molar-refractivity contribution in [2.45, 2.75) is 33.3 Å². The van der Waals surface area contributed by atoms with Crippen molar-refractivity contribution in [3.63, 3.8) is 0 Å². The van der Waals surface area contributed by atoms with Gasteiger partial charge >= 0.3 is 5.97 Å². The summed E-state index contributed by atoms with van der Waals surface area (Å²) in [6.07, 6.45) is 16.4. The third kappa shape index (κ3) is 8.56. The molecule has 0 fully saturated rings. The van der Waals surface area contributed by atoms with Crippen LogP contribution < -0.4 is 4.74 Å². The Balaban J connectivity index is 0.00000334. The highest BCUT2D eigenvalue weighted by atomic mass is 35.5. The zero-order valence-electron chi connectivity index (χ0n) is 21.7. The highest BCUT2D eigenvalue weighted by Gasteiger charge is 2.23. The van der Waals surface area contributed by atoms with E-state index in [1.165, 1.54) is 11.8 Å². The van der Waals surface area contributed by atoms with Gasteiger partial charge in [-0.15, -0.1) is 12.8 Å². The zero-order valence-corrected chi connectivity index (χ0v) is 23.6. The van der Waals surface area contributed by atoms with E-state index in [1.54, 1.807) is 44.5 Å². The third-order valence-electron chi connectivity index (χ3n) is 5.13. The molecule has 0 spiro atoms. The molecule has 0 radical (unpaired) electrons.